The number of carbonyl (C=O) groups is 1. The third-order valence-electron chi connectivity index (χ3n) is 2.96. The molecule has 1 aliphatic rings. The first-order valence-electron chi connectivity index (χ1n) is 5.46. The molecule has 1 heterocycles. The molecule has 0 aromatic heterocycles. The first-order valence-corrected chi connectivity index (χ1v) is 5.84. The van der Waals surface area contributed by atoms with E-state index in [0.29, 0.717) is 0 Å². The summed E-state index contributed by atoms with van der Waals surface area (Å²) in [5.41, 5.74) is 1.07. The molecule has 86 valence electrons. The molecule has 3 nitrogen and oxygen atoms in total. The number of hydrogen-bond acceptors (Lipinski definition) is 2. The van der Waals surface area contributed by atoms with Gasteiger partial charge in [-0.1, -0.05) is 11.6 Å². The molecule has 0 aliphatic carbocycles. The number of anilines is 1. The second-order valence-electron chi connectivity index (χ2n) is 3.94. The lowest BCUT2D eigenvalue weighted by Crippen LogP contribution is -2.41. The minimum absolute atomic E-state index is 0.0359. The van der Waals surface area contributed by atoms with Crippen LogP contribution in [0.4, 0.5) is 5.69 Å². The van der Waals surface area contributed by atoms with Crippen LogP contribution in [-0.2, 0) is 4.79 Å². The average molecular weight is 239 g/mol. The molecular formula is C12H15ClN2O. The minimum Gasteiger partial charge on any atom is -0.360 e. The Morgan fingerprint density at radius 3 is 2.75 bits per heavy atom. The predicted octanol–water partition coefficient (Wildman–Crippen LogP) is 2.05. The van der Waals surface area contributed by atoms with Gasteiger partial charge in [-0.3, -0.25) is 4.79 Å². The quantitative estimate of drug-likeness (QED) is 0.856. The zero-order valence-corrected chi connectivity index (χ0v) is 10.00. The lowest BCUT2D eigenvalue weighted by Gasteiger charge is -2.25. The highest BCUT2D eigenvalue weighted by Gasteiger charge is 2.29. The molecule has 0 saturated carbocycles. The summed E-state index contributed by atoms with van der Waals surface area (Å²) in [6.07, 6.45) is 1.98. The molecule has 1 aromatic rings. The average Bonchev–Trinajstić information content (AvgIpc) is 2.78. The van der Waals surface area contributed by atoms with Crippen LogP contribution in [0.1, 0.15) is 12.8 Å². The van der Waals surface area contributed by atoms with Crippen LogP contribution in [-0.4, -0.2) is 25.5 Å². The fourth-order valence-corrected chi connectivity index (χ4v) is 2.27. The van der Waals surface area contributed by atoms with E-state index in [1.807, 2.05) is 24.3 Å². The molecule has 1 unspecified atom stereocenters. The van der Waals surface area contributed by atoms with E-state index in [1.54, 1.807) is 7.05 Å². The van der Waals surface area contributed by atoms with Crippen LogP contribution in [0.3, 0.4) is 0 Å². The van der Waals surface area contributed by atoms with Crippen LogP contribution in [0.25, 0.3) is 0 Å². The van der Waals surface area contributed by atoms with Crippen molar-refractivity contribution in [2.45, 2.75) is 18.9 Å². The summed E-state index contributed by atoms with van der Waals surface area (Å²) in [4.78, 5) is 13.8. The van der Waals surface area contributed by atoms with Crippen molar-refractivity contribution in [2.75, 3.05) is 18.5 Å². The highest BCUT2D eigenvalue weighted by Crippen LogP contribution is 2.26. The Morgan fingerprint density at radius 1 is 1.44 bits per heavy atom. The molecule has 1 atom stereocenters. The number of benzene rings is 1. The SMILES string of the molecule is CNC(=O)C1CCCN1c1ccc(Cl)cc1. The van der Waals surface area contributed by atoms with Crippen molar-refractivity contribution in [2.24, 2.45) is 0 Å². The van der Waals surface area contributed by atoms with Gasteiger partial charge in [0.1, 0.15) is 6.04 Å². The molecule has 0 bridgehead atoms. The largest absolute Gasteiger partial charge is 0.360 e. The van der Waals surface area contributed by atoms with Crippen molar-refractivity contribution in [3.8, 4) is 0 Å². The maximum Gasteiger partial charge on any atom is 0.242 e. The number of carbonyl (C=O) groups excluding carboxylic acids is 1. The topological polar surface area (TPSA) is 32.3 Å². The first kappa shape index (κ1) is 11.3. The van der Waals surface area contributed by atoms with E-state index in [9.17, 15) is 4.79 Å². The number of amides is 1. The monoisotopic (exact) mass is 238 g/mol. The predicted molar refractivity (Wildman–Crippen MR) is 65.9 cm³/mol. The molecule has 1 N–H and O–H groups in total. The molecule has 1 aliphatic heterocycles. The standard InChI is InChI=1S/C12H15ClN2O/c1-14-12(16)11-3-2-8-15(11)10-6-4-9(13)5-7-10/h4-7,11H,2-3,8H2,1H3,(H,14,16). The van der Waals surface area contributed by atoms with Crippen molar-refractivity contribution < 1.29 is 4.79 Å². The number of rotatable bonds is 2. The third kappa shape index (κ3) is 2.14. The summed E-state index contributed by atoms with van der Waals surface area (Å²) in [7, 11) is 1.68. The van der Waals surface area contributed by atoms with Gasteiger partial charge in [0, 0.05) is 24.3 Å². The lowest BCUT2D eigenvalue weighted by molar-refractivity contribution is -0.121. The van der Waals surface area contributed by atoms with Crippen LogP contribution in [0.2, 0.25) is 5.02 Å². The Balaban J connectivity index is 2.19. The molecule has 0 spiro atoms. The summed E-state index contributed by atoms with van der Waals surface area (Å²) < 4.78 is 0. The molecule has 4 heteroatoms. The Morgan fingerprint density at radius 2 is 2.12 bits per heavy atom. The van der Waals surface area contributed by atoms with Gasteiger partial charge in [0.25, 0.3) is 0 Å². The van der Waals surface area contributed by atoms with E-state index in [-0.39, 0.29) is 11.9 Å². The van der Waals surface area contributed by atoms with Gasteiger partial charge >= 0.3 is 0 Å². The van der Waals surface area contributed by atoms with Gasteiger partial charge in [-0.05, 0) is 37.1 Å². The van der Waals surface area contributed by atoms with Gasteiger partial charge in [-0.15, -0.1) is 0 Å². The molecule has 0 radical (unpaired) electrons. The normalized spacial score (nSPS) is 19.9. The van der Waals surface area contributed by atoms with Gasteiger partial charge in [0.05, 0.1) is 0 Å². The van der Waals surface area contributed by atoms with Crippen LogP contribution in [0.15, 0.2) is 24.3 Å². The summed E-state index contributed by atoms with van der Waals surface area (Å²) in [5.74, 6) is 0.0902. The van der Waals surface area contributed by atoms with Crippen molar-refractivity contribution >= 4 is 23.2 Å². The zero-order chi connectivity index (χ0) is 11.5. The zero-order valence-electron chi connectivity index (χ0n) is 9.24. The van der Waals surface area contributed by atoms with E-state index >= 15 is 0 Å². The fraction of sp³-hybridized carbons (Fsp3) is 0.417. The maximum absolute atomic E-state index is 11.7. The molecule has 2 rings (SSSR count). The minimum atomic E-state index is -0.0359. The third-order valence-corrected chi connectivity index (χ3v) is 3.21. The van der Waals surface area contributed by atoms with Crippen molar-refractivity contribution in [1.82, 2.24) is 5.32 Å². The van der Waals surface area contributed by atoms with Crippen LogP contribution < -0.4 is 10.2 Å². The molecular weight excluding hydrogens is 224 g/mol. The van der Waals surface area contributed by atoms with E-state index in [1.165, 1.54) is 0 Å². The van der Waals surface area contributed by atoms with Crippen LogP contribution >= 0.6 is 11.6 Å². The van der Waals surface area contributed by atoms with Gasteiger partial charge in [0.15, 0.2) is 0 Å². The fourth-order valence-electron chi connectivity index (χ4n) is 2.15. The Kier molecular flexibility index (Phi) is 3.34. The second kappa shape index (κ2) is 4.74. The van der Waals surface area contributed by atoms with E-state index in [2.05, 4.69) is 10.2 Å². The molecule has 1 aromatic carbocycles. The summed E-state index contributed by atoms with van der Waals surface area (Å²) >= 11 is 5.85. The van der Waals surface area contributed by atoms with Crippen molar-refractivity contribution in [1.29, 1.82) is 0 Å². The number of nitrogens with one attached hydrogen (secondary N) is 1. The van der Waals surface area contributed by atoms with Crippen LogP contribution in [0.5, 0.6) is 0 Å². The highest BCUT2D eigenvalue weighted by molar-refractivity contribution is 6.30. The second-order valence-corrected chi connectivity index (χ2v) is 4.38. The van der Waals surface area contributed by atoms with Gasteiger partial charge in [-0.25, -0.2) is 0 Å². The number of likely N-dealkylation sites (N-methyl/N-ethyl adjacent to an activating group) is 1. The van der Waals surface area contributed by atoms with Gasteiger partial charge < -0.3 is 10.2 Å². The maximum atomic E-state index is 11.7. The number of nitrogens with zero attached hydrogens (tertiary/aromatic N) is 1. The summed E-state index contributed by atoms with van der Waals surface area (Å²) in [6.45, 7) is 0.930. The molecule has 1 amide bonds. The molecule has 1 saturated heterocycles. The molecule has 16 heavy (non-hydrogen) atoms. The van der Waals surface area contributed by atoms with Gasteiger partial charge in [0.2, 0.25) is 5.91 Å². The number of hydrogen-bond donors (Lipinski definition) is 1. The lowest BCUT2D eigenvalue weighted by atomic mass is 10.2. The summed E-state index contributed by atoms with van der Waals surface area (Å²) in [6, 6.07) is 7.60. The van der Waals surface area contributed by atoms with Crippen molar-refractivity contribution in [3.63, 3.8) is 0 Å². The first-order chi connectivity index (χ1) is 7.72. The molecule has 1 fully saturated rings. The Labute approximate surface area is 100 Å². The Hall–Kier alpha value is -1.22. The smallest absolute Gasteiger partial charge is 0.242 e. The van der Waals surface area contributed by atoms with Crippen LogP contribution in [0, 0.1) is 0 Å². The van der Waals surface area contributed by atoms with E-state index in [0.717, 1.165) is 30.1 Å². The van der Waals surface area contributed by atoms with E-state index < -0.39 is 0 Å². The Bertz CT molecular complexity index is 377. The summed E-state index contributed by atoms with van der Waals surface area (Å²) in [5, 5.41) is 3.43. The van der Waals surface area contributed by atoms with Crippen molar-refractivity contribution in [3.05, 3.63) is 29.3 Å². The van der Waals surface area contributed by atoms with E-state index in [4.69, 9.17) is 11.6 Å². The van der Waals surface area contributed by atoms with Gasteiger partial charge in [-0.2, -0.15) is 0 Å². The number of halogens is 1. The highest BCUT2D eigenvalue weighted by atomic mass is 35.5.